The van der Waals surface area contributed by atoms with Crippen molar-refractivity contribution in [3.8, 4) is 0 Å². The van der Waals surface area contributed by atoms with E-state index in [0.717, 1.165) is 0 Å². The Balaban J connectivity index is 1.73. The summed E-state index contributed by atoms with van der Waals surface area (Å²) in [6, 6.07) is 6.96. The molecule has 1 aromatic rings. The van der Waals surface area contributed by atoms with Crippen LogP contribution in [0.25, 0.3) is 0 Å². The maximum Gasteiger partial charge on any atom is 0.330 e. The summed E-state index contributed by atoms with van der Waals surface area (Å²) < 4.78 is 0. The molecule has 0 bridgehead atoms. The van der Waals surface area contributed by atoms with E-state index in [2.05, 4.69) is 5.32 Å². The normalized spacial score (nSPS) is 26.6. The molecule has 2 aliphatic rings. The first-order chi connectivity index (χ1) is 11.4. The fourth-order valence-electron chi connectivity index (χ4n) is 3.01. The van der Waals surface area contributed by atoms with Gasteiger partial charge in [0.2, 0.25) is 11.8 Å². The molecule has 8 heteroatoms. The number of aliphatic carboxylic acids is 1. The third-order valence-electron chi connectivity index (χ3n) is 4.43. The molecule has 2 heterocycles. The van der Waals surface area contributed by atoms with Gasteiger partial charge in [-0.15, -0.1) is 0 Å². The number of anilines is 1. The largest absolute Gasteiger partial charge is 0.479 e. The fourth-order valence-corrected chi connectivity index (χ4v) is 4.57. The number of thioether (sulfide) groups is 1. The molecule has 128 valence electrons. The minimum Gasteiger partial charge on any atom is -0.479 e. The zero-order valence-electron chi connectivity index (χ0n) is 12.8. The van der Waals surface area contributed by atoms with E-state index in [1.165, 1.54) is 16.7 Å². The zero-order valence-corrected chi connectivity index (χ0v) is 14.4. The molecule has 0 radical (unpaired) electrons. The molecule has 2 atom stereocenters. The van der Waals surface area contributed by atoms with Crippen molar-refractivity contribution in [1.82, 2.24) is 5.32 Å². The van der Waals surface area contributed by atoms with Crippen LogP contribution in [0.3, 0.4) is 0 Å². The maximum absolute atomic E-state index is 12.5. The Morgan fingerprint density at radius 1 is 1.38 bits per heavy atom. The molecule has 2 fully saturated rings. The van der Waals surface area contributed by atoms with Gasteiger partial charge in [-0.3, -0.25) is 9.59 Å². The van der Waals surface area contributed by atoms with E-state index in [4.69, 9.17) is 11.6 Å². The van der Waals surface area contributed by atoms with Crippen LogP contribution < -0.4 is 10.2 Å². The van der Waals surface area contributed by atoms with Gasteiger partial charge in [-0.2, -0.15) is 11.8 Å². The van der Waals surface area contributed by atoms with Gasteiger partial charge in [0.05, 0.1) is 16.6 Å². The lowest BCUT2D eigenvalue weighted by Crippen LogP contribution is -2.56. The quantitative estimate of drug-likeness (QED) is 0.845. The highest BCUT2D eigenvalue weighted by Gasteiger charge is 2.46. The average Bonchev–Trinajstić information content (AvgIpc) is 3.16. The van der Waals surface area contributed by atoms with Gasteiger partial charge in [0, 0.05) is 18.7 Å². The van der Waals surface area contributed by atoms with Crippen molar-refractivity contribution in [3.05, 3.63) is 29.3 Å². The Bertz CT molecular complexity index is 690. The molecule has 24 heavy (non-hydrogen) atoms. The molecule has 6 nitrogen and oxygen atoms in total. The van der Waals surface area contributed by atoms with Crippen molar-refractivity contribution in [1.29, 1.82) is 0 Å². The molecule has 0 aromatic heterocycles. The first-order valence-electron chi connectivity index (χ1n) is 7.61. The molecule has 0 aliphatic carbocycles. The van der Waals surface area contributed by atoms with Crippen LogP contribution in [0.4, 0.5) is 5.69 Å². The number of halogens is 1. The van der Waals surface area contributed by atoms with E-state index in [1.807, 2.05) is 0 Å². The van der Waals surface area contributed by atoms with Gasteiger partial charge in [-0.1, -0.05) is 23.7 Å². The van der Waals surface area contributed by atoms with E-state index in [1.54, 1.807) is 24.3 Å². The van der Waals surface area contributed by atoms with Crippen molar-refractivity contribution >= 4 is 46.8 Å². The van der Waals surface area contributed by atoms with E-state index in [9.17, 15) is 19.5 Å². The predicted molar refractivity (Wildman–Crippen MR) is 92.4 cm³/mol. The molecule has 2 unspecified atom stereocenters. The molecule has 3 rings (SSSR count). The van der Waals surface area contributed by atoms with Crippen LogP contribution in [-0.4, -0.2) is 46.5 Å². The minimum absolute atomic E-state index is 0.0555. The number of amides is 2. The third kappa shape index (κ3) is 3.10. The lowest BCUT2D eigenvalue weighted by atomic mass is 9.97. The number of carboxylic acids is 1. The average molecular weight is 369 g/mol. The van der Waals surface area contributed by atoms with Crippen molar-refractivity contribution in [2.75, 3.05) is 23.0 Å². The van der Waals surface area contributed by atoms with Crippen LogP contribution in [0, 0.1) is 5.92 Å². The molecule has 2 N–H and O–H groups in total. The van der Waals surface area contributed by atoms with Crippen LogP contribution in [0.15, 0.2) is 24.3 Å². The monoisotopic (exact) mass is 368 g/mol. The second-order valence-corrected chi connectivity index (χ2v) is 7.55. The number of nitrogens with zero attached hydrogens (tertiary/aromatic N) is 1. The third-order valence-corrected chi connectivity index (χ3v) is 5.94. The summed E-state index contributed by atoms with van der Waals surface area (Å²) in [5.41, 5.74) is -0.647. The number of benzene rings is 1. The lowest BCUT2D eigenvalue weighted by Gasteiger charge is -2.26. The number of para-hydroxylation sites is 1. The number of nitrogens with one attached hydrogen (secondary N) is 1. The van der Waals surface area contributed by atoms with Gasteiger partial charge < -0.3 is 15.3 Å². The molecule has 0 spiro atoms. The van der Waals surface area contributed by atoms with E-state index >= 15 is 0 Å². The first-order valence-corrected chi connectivity index (χ1v) is 9.14. The molecular formula is C16H17ClN2O4S. The molecule has 1 aromatic carbocycles. The van der Waals surface area contributed by atoms with E-state index in [-0.39, 0.29) is 24.8 Å². The summed E-state index contributed by atoms with van der Waals surface area (Å²) in [4.78, 5) is 37.8. The van der Waals surface area contributed by atoms with Gasteiger partial charge in [-0.05, 0) is 24.3 Å². The topological polar surface area (TPSA) is 86.7 Å². The summed E-state index contributed by atoms with van der Waals surface area (Å²) in [6.07, 6.45) is 0.452. The second-order valence-electron chi connectivity index (χ2n) is 6.04. The van der Waals surface area contributed by atoms with Crippen LogP contribution in [0.5, 0.6) is 0 Å². The van der Waals surface area contributed by atoms with Crippen molar-refractivity contribution < 1.29 is 19.5 Å². The molecule has 0 saturated carbocycles. The van der Waals surface area contributed by atoms with Crippen LogP contribution >= 0.6 is 23.4 Å². The summed E-state index contributed by atoms with van der Waals surface area (Å²) in [6.45, 7) is 0.206. The van der Waals surface area contributed by atoms with Crippen LogP contribution in [0.2, 0.25) is 5.02 Å². The maximum atomic E-state index is 12.5. The highest BCUT2D eigenvalue weighted by Crippen LogP contribution is 2.32. The Kier molecular flexibility index (Phi) is 4.73. The molecule has 2 amide bonds. The number of hydrogen-bond acceptors (Lipinski definition) is 4. The van der Waals surface area contributed by atoms with Crippen molar-refractivity contribution in [3.63, 3.8) is 0 Å². The zero-order chi connectivity index (χ0) is 17.3. The standard InChI is InChI=1S/C16H17ClN2O4S/c17-11-3-1-2-4-12(11)19-8-10(7-13(19)20)14(21)18-16(15(22)23)5-6-24-9-16/h1-4,10H,5-9H2,(H,18,21)(H,22,23). The van der Waals surface area contributed by atoms with E-state index in [0.29, 0.717) is 28.6 Å². The Morgan fingerprint density at radius 2 is 2.12 bits per heavy atom. The Labute approximate surface area is 148 Å². The number of carbonyl (C=O) groups is 3. The lowest BCUT2D eigenvalue weighted by molar-refractivity contribution is -0.147. The van der Waals surface area contributed by atoms with Gasteiger partial charge in [0.25, 0.3) is 0 Å². The van der Waals surface area contributed by atoms with Gasteiger partial charge >= 0.3 is 5.97 Å². The fraction of sp³-hybridized carbons (Fsp3) is 0.438. The highest BCUT2D eigenvalue weighted by molar-refractivity contribution is 7.99. The van der Waals surface area contributed by atoms with E-state index < -0.39 is 17.4 Å². The summed E-state index contributed by atoms with van der Waals surface area (Å²) >= 11 is 7.63. The van der Waals surface area contributed by atoms with Crippen LogP contribution in [0.1, 0.15) is 12.8 Å². The Morgan fingerprint density at radius 3 is 2.75 bits per heavy atom. The Hall–Kier alpha value is -1.73. The van der Waals surface area contributed by atoms with Crippen molar-refractivity contribution in [2.24, 2.45) is 5.92 Å². The van der Waals surface area contributed by atoms with Gasteiger partial charge in [0.15, 0.2) is 0 Å². The minimum atomic E-state index is -1.22. The summed E-state index contributed by atoms with van der Waals surface area (Å²) in [5.74, 6) is -1.12. The predicted octanol–water partition coefficient (Wildman–Crippen LogP) is 1.77. The van der Waals surface area contributed by atoms with Crippen LogP contribution in [-0.2, 0) is 14.4 Å². The summed E-state index contributed by atoms with van der Waals surface area (Å²) in [7, 11) is 0. The van der Waals surface area contributed by atoms with Gasteiger partial charge in [0.1, 0.15) is 5.54 Å². The molecular weight excluding hydrogens is 352 g/mol. The number of rotatable bonds is 4. The second kappa shape index (κ2) is 6.64. The molecule has 2 saturated heterocycles. The molecule has 2 aliphatic heterocycles. The van der Waals surface area contributed by atoms with Crippen molar-refractivity contribution in [2.45, 2.75) is 18.4 Å². The number of carboxylic acid groups (broad SMARTS) is 1. The highest BCUT2D eigenvalue weighted by atomic mass is 35.5. The number of hydrogen-bond donors (Lipinski definition) is 2. The smallest absolute Gasteiger partial charge is 0.330 e. The number of carbonyl (C=O) groups excluding carboxylic acids is 2. The summed E-state index contributed by atoms with van der Waals surface area (Å²) in [5, 5.41) is 12.6. The SMILES string of the molecule is O=C(NC1(C(=O)O)CCSC1)C1CC(=O)N(c2ccccc2Cl)C1. The van der Waals surface area contributed by atoms with Gasteiger partial charge in [-0.25, -0.2) is 4.79 Å². The first kappa shape index (κ1) is 17.1.